The van der Waals surface area contributed by atoms with Crippen molar-refractivity contribution >= 4 is 65.1 Å². The lowest BCUT2D eigenvalue weighted by Gasteiger charge is -2.43. The van der Waals surface area contributed by atoms with Crippen LogP contribution in [0.15, 0.2) is 30.3 Å². The first kappa shape index (κ1) is 55.9. The molecule has 15 nitrogen and oxygen atoms in total. The second-order valence-electron chi connectivity index (χ2n) is 21.8. The van der Waals surface area contributed by atoms with Gasteiger partial charge in [0.25, 0.3) is 0 Å². The fourth-order valence-corrected chi connectivity index (χ4v) is 14.3. The van der Waals surface area contributed by atoms with Crippen molar-refractivity contribution in [3.05, 3.63) is 35.9 Å². The molecule has 4 aliphatic heterocycles. The van der Waals surface area contributed by atoms with Crippen molar-refractivity contribution in [1.29, 1.82) is 0 Å². The zero-order valence-corrected chi connectivity index (χ0v) is 45.7. The number of rotatable bonds is 16. The summed E-state index contributed by atoms with van der Waals surface area (Å²) in [6, 6.07) is 4.24. The van der Waals surface area contributed by atoms with Crippen LogP contribution < -0.4 is 0 Å². The van der Waals surface area contributed by atoms with E-state index in [1.165, 1.54) is 24.5 Å². The summed E-state index contributed by atoms with van der Waals surface area (Å²) in [6.07, 6.45) is 4.93. The molecule has 4 fully saturated rings. The Balaban J connectivity index is 1.38. The molecule has 0 aliphatic carbocycles. The van der Waals surface area contributed by atoms with Gasteiger partial charge in [0, 0.05) is 54.2 Å². The summed E-state index contributed by atoms with van der Waals surface area (Å²) in [5.41, 5.74) is 0.109. The van der Waals surface area contributed by atoms with Gasteiger partial charge in [-0.3, -0.25) is 33.7 Å². The minimum Gasteiger partial charge on any atom is -0.444 e. The van der Waals surface area contributed by atoms with Gasteiger partial charge in [0.2, 0.25) is 35.4 Å². The molecule has 0 aromatic heterocycles. The van der Waals surface area contributed by atoms with Crippen LogP contribution in [0.4, 0.5) is 4.79 Å². The minimum atomic E-state index is -1.02. The van der Waals surface area contributed by atoms with Gasteiger partial charge in [0.15, 0.2) is 0 Å². The van der Waals surface area contributed by atoms with Crippen LogP contribution in [-0.4, -0.2) is 187 Å². The fraction of sp³-hybridized carbons (Fsp3) is 0.750. The number of nitrogens with zero attached hydrogens (tertiary/aromatic N) is 7. The fourth-order valence-electron chi connectivity index (χ4n) is 11.0. The van der Waals surface area contributed by atoms with Gasteiger partial charge in [0.1, 0.15) is 41.9 Å². The molecule has 69 heavy (non-hydrogen) atoms. The predicted octanol–water partition coefficient (Wildman–Crippen LogP) is 6.47. The molecule has 4 saturated heterocycles. The third-order valence-corrected chi connectivity index (χ3v) is 17.9. The second kappa shape index (κ2) is 23.5. The van der Waals surface area contributed by atoms with Crippen molar-refractivity contribution in [2.24, 2.45) is 17.8 Å². The van der Waals surface area contributed by atoms with Crippen LogP contribution in [0, 0.1) is 17.8 Å². The molecule has 5 rings (SSSR count). The molecule has 7 amide bonds. The number of thioether (sulfide) groups is 2. The van der Waals surface area contributed by atoms with Gasteiger partial charge in [-0.05, 0) is 107 Å². The Bertz CT molecular complexity index is 1990. The molecule has 4 heterocycles. The molecule has 0 N–H and O–H groups in total. The molecule has 386 valence electrons. The molecule has 7 atom stereocenters. The molecule has 1 aromatic rings. The molecule has 17 heteroatoms. The van der Waals surface area contributed by atoms with Gasteiger partial charge in [-0.1, -0.05) is 71.9 Å². The molecular formula is C52H83N7O8S2. The van der Waals surface area contributed by atoms with Crippen molar-refractivity contribution in [3.63, 3.8) is 0 Å². The third-order valence-electron chi connectivity index (χ3n) is 14.5. The Labute approximate surface area is 421 Å². The van der Waals surface area contributed by atoms with Gasteiger partial charge in [-0.2, -0.15) is 0 Å². The zero-order valence-electron chi connectivity index (χ0n) is 44.1. The largest absolute Gasteiger partial charge is 0.444 e. The van der Waals surface area contributed by atoms with Crippen molar-refractivity contribution in [2.75, 3.05) is 59.3 Å². The Kier molecular flexibility index (Phi) is 19.0. The van der Waals surface area contributed by atoms with Crippen LogP contribution in [-0.2, 0) is 39.9 Å². The number of hydrogen-bond acceptors (Lipinski definition) is 10. The summed E-state index contributed by atoms with van der Waals surface area (Å²) in [5.74, 6) is -1.02. The highest BCUT2D eigenvalue weighted by Gasteiger charge is 2.50. The third kappa shape index (κ3) is 12.7. The summed E-state index contributed by atoms with van der Waals surface area (Å²) in [4.78, 5) is 113. The first-order chi connectivity index (χ1) is 32.3. The lowest BCUT2D eigenvalue weighted by atomic mass is 9.94. The smallest absolute Gasteiger partial charge is 0.410 e. The summed E-state index contributed by atoms with van der Waals surface area (Å²) in [6.45, 7) is 20.1. The van der Waals surface area contributed by atoms with Crippen LogP contribution in [0.2, 0.25) is 0 Å². The Morgan fingerprint density at radius 2 is 1.10 bits per heavy atom. The highest BCUT2D eigenvalue weighted by Crippen LogP contribution is 2.49. The van der Waals surface area contributed by atoms with E-state index in [0.717, 1.165) is 36.3 Å². The van der Waals surface area contributed by atoms with Crippen molar-refractivity contribution in [1.82, 2.24) is 34.3 Å². The van der Waals surface area contributed by atoms with Crippen molar-refractivity contribution in [2.45, 2.75) is 173 Å². The van der Waals surface area contributed by atoms with Crippen molar-refractivity contribution < 1.29 is 38.3 Å². The lowest BCUT2D eigenvalue weighted by molar-refractivity contribution is -0.158. The summed E-state index contributed by atoms with van der Waals surface area (Å²) < 4.78 is 5.52. The maximum atomic E-state index is 15.1. The van der Waals surface area contributed by atoms with Gasteiger partial charge < -0.3 is 34.1 Å². The molecule has 0 saturated carbocycles. The Morgan fingerprint density at radius 1 is 0.638 bits per heavy atom. The highest BCUT2D eigenvalue weighted by molar-refractivity contribution is 8.18. The first-order valence-corrected chi connectivity index (χ1v) is 27.3. The van der Waals surface area contributed by atoms with Crippen LogP contribution in [0.3, 0.4) is 0 Å². The molecule has 4 aliphatic rings. The number of carbonyl (C=O) groups is 7. The van der Waals surface area contributed by atoms with Crippen LogP contribution in [0.5, 0.6) is 0 Å². The number of benzene rings is 1. The number of likely N-dealkylation sites (N-methyl/N-ethyl adjacent to an activating group) is 4. The topological polar surface area (TPSA) is 151 Å². The number of amides is 7. The standard InChI is InChI=1S/C52H83N7O8S2/c1-33(2)41(55(13)49(65)43(35(5)6)56(14)48(64)42(34(3)4)54(12)44(60)37-24-19-28-58(37)50(66)67-51(7,8)9)47(63)53(11)39(32-36-22-16-15-17-23-36)46(62)57-27-18-25-38(57)45(61)59-29-20-26-40(59)52(10)68-30-21-31-69-52/h15-17,22-23,33-35,37-43H,18-21,24-32H2,1-14H3/t37-,38-,39-,40-,41-,42-,43-/m0/s1. The van der Waals surface area contributed by atoms with Crippen LogP contribution in [0.25, 0.3) is 0 Å². The molecule has 0 bridgehead atoms. The predicted molar refractivity (Wildman–Crippen MR) is 274 cm³/mol. The van der Waals surface area contributed by atoms with Gasteiger partial charge >= 0.3 is 6.09 Å². The van der Waals surface area contributed by atoms with Crippen molar-refractivity contribution in [3.8, 4) is 0 Å². The summed E-state index contributed by atoms with van der Waals surface area (Å²) in [7, 11) is 6.32. The zero-order chi connectivity index (χ0) is 51.3. The van der Waals surface area contributed by atoms with E-state index in [1.54, 1.807) is 53.9 Å². The Hall–Kier alpha value is -3.99. The van der Waals surface area contributed by atoms with E-state index in [4.69, 9.17) is 4.74 Å². The first-order valence-electron chi connectivity index (χ1n) is 25.3. The van der Waals surface area contributed by atoms with E-state index in [0.29, 0.717) is 45.3 Å². The number of hydrogen-bond donors (Lipinski definition) is 0. The molecular weight excluding hydrogens is 915 g/mol. The van der Waals surface area contributed by atoms with E-state index in [9.17, 15) is 24.0 Å². The molecule has 0 spiro atoms. The van der Waals surface area contributed by atoms with Crippen LogP contribution >= 0.6 is 23.5 Å². The second-order valence-corrected chi connectivity index (χ2v) is 25.2. The van der Waals surface area contributed by atoms with E-state index >= 15 is 9.59 Å². The quantitative estimate of drug-likeness (QED) is 0.180. The van der Waals surface area contributed by atoms with Gasteiger partial charge in [-0.15, -0.1) is 23.5 Å². The van der Waals surface area contributed by atoms with Crippen LogP contribution in [0.1, 0.15) is 120 Å². The minimum absolute atomic E-state index is 0.0101. The molecule has 1 aromatic carbocycles. The number of carbonyl (C=O) groups excluding carboxylic acids is 7. The van der Waals surface area contributed by atoms with E-state index in [2.05, 4.69) is 6.92 Å². The molecule has 0 unspecified atom stereocenters. The average molecular weight is 998 g/mol. The van der Waals surface area contributed by atoms with Gasteiger partial charge in [-0.25, -0.2) is 4.79 Å². The van der Waals surface area contributed by atoms with E-state index < -0.39 is 77.5 Å². The Morgan fingerprint density at radius 3 is 1.62 bits per heavy atom. The highest BCUT2D eigenvalue weighted by atomic mass is 32.2. The molecule has 0 radical (unpaired) electrons. The SMILES string of the molecule is CC(C)[C@@H](C(=O)N(C)[C@H](C(=O)N(C)[C@@H](Cc1ccccc1)C(=O)N1CCC[C@H]1C(=O)N1CCC[C@H]1C1(C)SCCCS1)C(C)C)N(C)C(=O)[C@H](C(C)C)N(C)C(=O)[C@@H]1CCCN1C(=O)OC(C)(C)C. The number of ether oxygens (including phenoxy) is 1. The van der Waals surface area contributed by atoms with E-state index in [1.807, 2.05) is 100 Å². The summed E-state index contributed by atoms with van der Waals surface area (Å²) in [5, 5.41) is 0. The average Bonchev–Trinajstić information content (AvgIpc) is 4.09. The maximum absolute atomic E-state index is 15.1. The summed E-state index contributed by atoms with van der Waals surface area (Å²) >= 11 is 3.88. The van der Waals surface area contributed by atoms with E-state index in [-0.39, 0.29) is 40.2 Å². The number of likely N-dealkylation sites (tertiary alicyclic amines) is 3. The van der Waals surface area contributed by atoms with Gasteiger partial charge in [0.05, 0.1) is 10.1 Å². The lowest BCUT2D eigenvalue weighted by Crippen LogP contribution is -2.62. The monoisotopic (exact) mass is 998 g/mol. The normalized spacial score (nSPS) is 22.3. The maximum Gasteiger partial charge on any atom is 0.410 e.